The molecule has 13 heteroatoms. The predicted octanol–water partition coefficient (Wildman–Crippen LogP) is 3.92. The highest BCUT2D eigenvalue weighted by atomic mass is 32.2. The number of rotatable bonds is 3. The van der Waals surface area contributed by atoms with Crippen LogP contribution < -0.4 is 0 Å². The van der Waals surface area contributed by atoms with Crippen molar-refractivity contribution in [2.45, 2.75) is 41.4 Å². The third kappa shape index (κ3) is 2.20. The highest BCUT2D eigenvalue weighted by Crippen LogP contribution is 2.69. The van der Waals surface area contributed by atoms with Crippen LogP contribution in [-0.2, 0) is 14.3 Å². The third-order valence-corrected chi connectivity index (χ3v) is 4.82. The van der Waals surface area contributed by atoms with Crippen LogP contribution >= 0.6 is 0 Å². The summed E-state index contributed by atoms with van der Waals surface area (Å²) in [6, 6.07) is 3.20. The fourth-order valence-corrected chi connectivity index (χ4v) is 3.08. The van der Waals surface area contributed by atoms with Gasteiger partial charge in [0.15, 0.2) is 0 Å². The monoisotopic (exact) mass is 402 g/mol. The van der Waals surface area contributed by atoms with E-state index in [1.54, 1.807) is 0 Å². The Morgan fingerprint density at radius 1 is 0.720 bits per heavy atom. The summed E-state index contributed by atoms with van der Waals surface area (Å²) >= 11 is 0. The van der Waals surface area contributed by atoms with Gasteiger partial charge in [-0.1, -0.05) is 17.7 Å². The number of alkyl halides is 9. The molecule has 25 heavy (non-hydrogen) atoms. The van der Waals surface area contributed by atoms with Crippen molar-refractivity contribution in [2.24, 2.45) is 0 Å². The molecule has 0 N–H and O–H groups in total. The first-order chi connectivity index (χ1) is 11.0. The number of hydrogen-bond acceptors (Lipinski definition) is 3. The minimum Gasteiger partial charge on any atom is -0.213 e. The zero-order valence-electron chi connectivity index (χ0n) is 11.8. The fourth-order valence-electron chi connectivity index (χ4n) is 2.00. The van der Waals surface area contributed by atoms with E-state index >= 15 is 0 Å². The molecule has 0 aliphatic heterocycles. The molecular formula is C12H7F9O3S. The second-order valence-corrected chi connectivity index (χ2v) is 6.79. The lowest BCUT2D eigenvalue weighted by atomic mass is 10.1. The van der Waals surface area contributed by atoms with Crippen LogP contribution in [0.25, 0.3) is 0 Å². The Labute approximate surface area is 134 Å². The molecule has 0 amide bonds. The lowest BCUT2D eigenvalue weighted by molar-refractivity contribution is -0.323. The molecule has 0 bridgehead atoms. The van der Waals surface area contributed by atoms with Crippen molar-refractivity contribution in [1.29, 1.82) is 0 Å². The van der Waals surface area contributed by atoms with E-state index in [2.05, 4.69) is 4.18 Å². The molecule has 1 aliphatic rings. The SMILES string of the molecule is Cc1ccc(S(=O)(=O)OC2(F)C(F)(F)C(F)(F)C(F)(F)C2(F)F)cc1. The van der Waals surface area contributed by atoms with Gasteiger partial charge in [-0.25, -0.2) is 4.18 Å². The van der Waals surface area contributed by atoms with E-state index in [1.807, 2.05) is 0 Å². The molecule has 0 heterocycles. The van der Waals surface area contributed by atoms with Gasteiger partial charge in [-0.05, 0) is 19.1 Å². The van der Waals surface area contributed by atoms with Gasteiger partial charge in [-0.15, -0.1) is 0 Å². The number of hydrogen-bond donors (Lipinski definition) is 0. The summed E-state index contributed by atoms with van der Waals surface area (Å²) < 4.78 is 146. The number of aryl methyl sites for hydroxylation is 1. The Hall–Kier alpha value is -1.50. The minimum absolute atomic E-state index is 0.392. The van der Waals surface area contributed by atoms with Gasteiger partial charge in [0.1, 0.15) is 0 Å². The van der Waals surface area contributed by atoms with E-state index in [1.165, 1.54) is 6.92 Å². The summed E-state index contributed by atoms with van der Waals surface area (Å²) in [6.07, 6.45) is 0. The molecule has 1 saturated carbocycles. The van der Waals surface area contributed by atoms with E-state index in [4.69, 9.17) is 0 Å². The predicted molar refractivity (Wildman–Crippen MR) is 63.1 cm³/mol. The smallest absolute Gasteiger partial charge is 0.213 e. The van der Waals surface area contributed by atoms with Crippen molar-refractivity contribution < 1.29 is 52.1 Å². The molecule has 0 saturated heterocycles. The second-order valence-electron chi connectivity index (χ2n) is 5.24. The number of halogens is 9. The molecule has 0 unspecified atom stereocenters. The van der Waals surface area contributed by atoms with Gasteiger partial charge in [0.05, 0.1) is 4.90 Å². The van der Waals surface area contributed by atoms with Crippen molar-refractivity contribution in [1.82, 2.24) is 0 Å². The van der Waals surface area contributed by atoms with Crippen LogP contribution in [0.15, 0.2) is 29.2 Å². The molecule has 0 atom stereocenters. The molecule has 0 spiro atoms. The molecule has 0 radical (unpaired) electrons. The van der Waals surface area contributed by atoms with Gasteiger partial charge >= 0.3 is 29.5 Å². The van der Waals surface area contributed by atoms with Gasteiger partial charge in [-0.2, -0.15) is 47.9 Å². The summed E-state index contributed by atoms with van der Waals surface area (Å²) in [5, 5.41) is 0. The molecular weight excluding hydrogens is 395 g/mol. The summed E-state index contributed by atoms with van der Waals surface area (Å²) in [4.78, 5) is -1.18. The first-order valence-corrected chi connectivity index (χ1v) is 7.59. The van der Waals surface area contributed by atoms with Crippen LogP contribution in [0.1, 0.15) is 5.56 Å². The maximum Gasteiger partial charge on any atom is 0.384 e. The quantitative estimate of drug-likeness (QED) is 0.569. The average molecular weight is 402 g/mol. The maximum atomic E-state index is 14.1. The van der Waals surface area contributed by atoms with Crippen molar-refractivity contribution in [3.05, 3.63) is 29.8 Å². The van der Waals surface area contributed by atoms with E-state index < -0.39 is 44.6 Å². The largest absolute Gasteiger partial charge is 0.384 e. The van der Waals surface area contributed by atoms with Crippen molar-refractivity contribution >= 4 is 10.1 Å². The van der Waals surface area contributed by atoms with E-state index in [0.29, 0.717) is 17.7 Å². The van der Waals surface area contributed by atoms with E-state index in [9.17, 15) is 47.9 Å². The summed E-state index contributed by atoms with van der Waals surface area (Å²) in [6.45, 7) is 1.42. The summed E-state index contributed by atoms with van der Waals surface area (Å²) in [5.74, 6) is -34.1. The Morgan fingerprint density at radius 3 is 1.44 bits per heavy atom. The summed E-state index contributed by atoms with van der Waals surface area (Å²) in [5.41, 5.74) is 0.392. The molecule has 3 nitrogen and oxygen atoms in total. The highest BCUT2D eigenvalue weighted by molar-refractivity contribution is 7.86. The zero-order valence-corrected chi connectivity index (χ0v) is 12.7. The van der Waals surface area contributed by atoms with Crippen molar-refractivity contribution in [3.63, 3.8) is 0 Å². The Kier molecular flexibility index (Phi) is 3.98. The topological polar surface area (TPSA) is 43.4 Å². The van der Waals surface area contributed by atoms with Crippen LogP contribution in [0.5, 0.6) is 0 Å². The normalized spacial score (nSPS) is 25.7. The standard InChI is InChI=1S/C12H7F9O3S/c1-6-2-4-7(5-3-6)25(22,23)24-12(21)10(17,18)8(13,14)9(15,16)11(12,19)20/h2-5H,1H3. The lowest BCUT2D eigenvalue weighted by Crippen LogP contribution is -2.57. The first kappa shape index (κ1) is 19.8. The van der Waals surface area contributed by atoms with Crippen LogP contribution in [0, 0.1) is 6.92 Å². The van der Waals surface area contributed by atoms with E-state index in [-0.39, 0.29) is 0 Å². The third-order valence-electron chi connectivity index (χ3n) is 3.52. The van der Waals surface area contributed by atoms with E-state index in [0.717, 1.165) is 12.1 Å². The Balaban J connectivity index is 2.62. The maximum absolute atomic E-state index is 14.1. The van der Waals surface area contributed by atoms with Crippen LogP contribution in [0.4, 0.5) is 39.5 Å². The summed E-state index contributed by atoms with van der Waals surface area (Å²) in [7, 11) is -5.86. The van der Waals surface area contributed by atoms with Gasteiger partial charge < -0.3 is 0 Å². The molecule has 1 aliphatic carbocycles. The molecule has 142 valence electrons. The zero-order chi connectivity index (χ0) is 19.7. The molecule has 1 aromatic rings. The van der Waals surface area contributed by atoms with Gasteiger partial charge in [0.2, 0.25) is 0 Å². The Bertz CT molecular complexity index is 761. The number of benzene rings is 1. The Morgan fingerprint density at radius 2 is 1.08 bits per heavy atom. The average Bonchev–Trinajstić information content (AvgIpc) is 2.49. The molecule has 1 fully saturated rings. The van der Waals surface area contributed by atoms with Crippen LogP contribution in [0.2, 0.25) is 0 Å². The van der Waals surface area contributed by atoms with Gasteiger partial charge in [0, 0.05) is 0 Å². The first-order valence-electron chi connectivity index (χ1n) is 6.18. The van der Waals surface area contributed by atoms with Gasteiger partial charge in [-0.3, -0.25) is 0 Å². The lowest BCUT2D eigenvalue weighted by Gasteiger charge is -2.29. The fraction of sp³-hybridized carbons (Fsp3) is 0.500. The van der Waals surface area contributed by atoms with Crippen molar-refractivity contribution in [2.75, 3.05) is 0 Å². The highest BCUT2D eigenvalue weighted by Gasteiger charge is 3.02. The minimum atomic E-state index is -6.92. The van der Waals surface area contributed by atoms with Gasteiger partial charge in [0.25, 0.3) is 10.1 Å². The van der Waals surface area contributed by atoms with Crippen LogP contribution in [-0.4, -0.2) is 38.0 Å². The van der Waals surface area contributed by atoms with Crippen molar-refractivity contribution in [3.8, 4) is 0 Å². The molecule has 1 aromatic carbocycles. The molecule has 0 aromatic heterocycles. The van der Waals surface area contributed by atoms with Crippen LogP contribution in [0.3, 0.4) is 0 Å². The second kappa shape index (κ2) is 5.02. The molecule has 2 rings (SSSR count).